The first-order chi connectivity index (χ1) is 9.10. The average molecular weight is 266 g/mol. The van der Waals surface area contributed by atoms with Gasteiger partial charge in [0.05, 0.1) is 12.1 Å². The number of nitrogens with one attached hydrogen (secondary N) is 1. The maximum Gasteiger partial charge on any atom is 0.207 e. The number of amides is 1. The van der Waals surface area contributed by atoms with Gasteiger partial charge in [-0.1, -0.05) is 13.3 Å². The molecule has 19 heavy (non-hydrogen) atoms. The van der Waals surface area contributed by atoms with E-state index in [-0.39, 0.29) is 12.1 Å². The number of nitrogens with zero attached hydrogens (tertiary/aromatic N) is 1. The van der Waals surface area contributed by atoms with Crippen LogP contribution in [0.3, 0.4) is 0 Å². The Kier molecular flexibility index (Phi) is 6.29. The second-order valence-corrected chi connectivity index (χ2v) is 4.70. The van der Waals surface area contributed by atoms with Crippen molar-refractivity contribution in [3.63, 3.8) is 0 Å². The van der Waals surface area contributed by atoms with Crippen LogP contribution in [0.15, 0.2) is 18.5 Å². The molecule has 2 N–H and O–H groups in total. The molecule has 0 aliphatic rings. The number of aromatic nitrogens is 1. The highest BCUT2D eigenvalue weighted by Gasteiger charge is 2.23. The van der Waals surface area contributed by atoms with Crippen molar-refractivity contribution < 1.29 is 14.6 Å². The van der Waals surface area contributed by atoms with Crippen LogP contribution >= 0.6 is 0 Å². The molecule has 1 heterocycles. The maximum atomic E-state index is 10.6. The summed E-state index contributed by atoms with van der Waals surface area (Å²) in [6.45, 7) is 5.84. The second kappa shape index (κ2) is 7.74. The normalized spacial score (nSPS) is 13.9. The predicted molar refractivity (Wildman–Crippen MR) is 72.9 cm³/mol. The molecule has 0 fully saturated rings. The van der Waals surface area contributed by atoms with E-state index in [4.69, 9.17) is 4.74 Å². The molecule has 5 heteroatoms. The fraction of sp³-hybridized carbons (Fsp3) is 0.571. The zero-order valence-corrected chi connectivity index (χ0v) is 11.7. The molecule has 0 aliphatic carbocycles. The van der Waals surface area contributed by atoms with Crippen LogP contribution in [0.2, 0.25) is 0 Å². The summed E-state index contributed by atoms with van der Waals surface area (Å²) in [5, 5.41) is 13.0. The zero-order valence-electron chi connectivity index (χ0n) is 11.7. The molecular weight excluding hydrogens is 244 g/mol. The van der Waals surface area contributed by atoms with Crippen molar-refractivity contribution in [1.82, 2.24) is 10.3 Å². The quantitative estimate of drug-likeness (QED) is 0.704. The number of ether oxygens (including phenoxy) is 1. The molecule has 1 amide bonds. The molecule has 1 aromatic rings. The van der Waals surface area contributed by atoms with Crippen LogP contribution in [0.1, 0.15) is 45.3 Å². The summed E-state index contributed by atoms with van der Waals surface area (Å²) in [5.74, 6) is 0.603. The number of rotatable bonds is 8. The summed E-state index contributed by atoms with van der Waals surface area (Å²) < 4.78 is 5.66. The molecule has 0 aliphatic heterocycles. The van der Waals surface area contributed by atoms with Crippen molar-refractivity contribution in [2.45, 2.75) is 51.9 Å². The molecule has 0 saturated carbocycles. The largest absolute Gasteiger partial charge is 0.491 e. The van der Waals surface area contributed by atoms with Gasteiger partial charge in [0, 0.05) is 18.0 Å². The van der Waals surface area contributed by atoms with Crippen LogP contribution in [0.4, 0.5) is 0 Å². The molecule has 2 atom stereocenters. The van der Waals surface area contributed by atoms with E-state index >= 15 is 0 Å². The predicted octanol–water partition coefficient (Wildman–Crippen LogP) is 1.82. The fourth-order valence-electron chi connectivity index (χ4n) is 1.92. The minimum Gasteiger partial charge on any atom is -0.491 e. The first-order valence-corrected chi connectivity index (χ1v) is 6.58. The van der Waals surface area contributed by atoms with Crippen molar-refractivity contribution in [1.29, 1.82) is 0 Å². The third kappa shape index (κ3) is 4.52. The SMILES string of the molecule is CCC[C@H](NC=O)C(O)c1cnccc1OC(C)C. The van der Waals surface area contributed by atoms with Crippen molar-refractivity contribution in [3.8, 4) is 5.75 Å². The van der Waals surface area contributed by atoms with Gasteiger partial charge < -0.3 is 15.2 Å². The molecule has 0 radical (unpaired) electrons. The Bertz CT molecular complexity index is 396. The van der Waals surface area contributed by atoms with Gasteiger partial charge in [0.1, 0.15) is 11.9 Å². The van der Waals surface area contributed by atoms with Gasteiger partial charge in [-0.2, -0.15) is 0 Å². The number of hydrogen-bond acceptors (Lipinski definition) is 4. The highest BCUT2D eigenvalue weighted by atomic mass is 16.5. The summed E-state index contributed by atoms with van der Waals surface area (Å²) >= 11 is 0. The van der Waals surface area contributed by atoms with E-state index in [2.05, 4.69) is 10.3 Å². The topological polar surface area (TPSA) is 71.5 Å². The smallest absolute Gasteiger partial charge is 0.207 e. The van der Waals surface area contributed by atoms with Crippen molar-refractivity contribution in [2.24, 2.45) is 0 Å². The molecule has 0 spiro atoms. The minimum atomic E-state index is -0.826. The first kappa shape index (κ1) is 15.4. The van der Waals surface area contributed by atoms with Crippen molar-refractivity contribution >= 4 is 6.41 Å². The van der Waals surface area contributed by atoms with Gasteiger partial charge in [-0.05, 0) is 26.3 Å². The molecule has 5 nitrogen and oxygen atoms in total. The van der Waals surface area contributed by atoms with Crippen molar-refractivity contribution in [3.05, 3.63) is 24.0 Å². The number of carbonyl (C=O) groups excluding carboxylic acids is 1. The van der Waals surface area contributed by atoms with Gasteiger partial charge in [0.2, 0.25) is 6.41 Å². The van der Waals surface area contributed by atoms with Gasteiger partial charge in [-0.3, -0.25) is 9.78 Å². The van der Waals surface area contributed by atoms with Gasteiger partial charge in [0.25, 0.3) is 0 Å². The molecular formula is C14H22N2O3. The summed E-state index contributed by atoms with van der Waals surface area (Å²) in [6.07, 6.45) is 4.56. The lowest BCUT2D eigenvalue weighted by Gasteiger charge is -2.24. The van der Waals surface area contributed by atoms with E-state index in [1.165, 1.54) is 0 Å². The van der Waals surface area contributed by atoms with Crippen LogP contribution < -0.4 is 10.1 Å². The lowest BCUT2D eigenvalue weighted by molar-refractivity contribution is -0.111. The Hall–Kier alpha value is -1.62. The Morgan fingerprint density at radius 1 is 1.53 bits per heavy atom. The molecule has 0 bridgehead atoms. The fourth-order valence-corrected chi connectivity index (χ4v) is 1.92. The summed E-state index contributed by atoms with van der Waals surface area (Å²) in [7, 11) is 0. The number of aliphatic hydroxyl groups is 1. The minimum absolute atomic E-state index is 0.0111. The maximum absolute atomic E-state index is 10.6. The third-order valence-corrected chi connectivity index (χ3v) is 2.75. The van der Waals surface area contributed by atoms with Gasteiger partial charge in [-0.25, -0.2) is 0 Å². The summed E-state index contributed by atoms with van der Waals surface area (Å²) in [5.41, 5.74) is 0.601. The van der Waals surface area contributed by atoms with Crippen LogP contribution in [0, 0.1) is 0 Å². The Morgan fingerprint density at radius 2 is 2.26 bits per heavy atom. The number of hydrogen-bond donors (Lipinski definition) is 2. The van der Waals surface area contributed by atoms with Crippen molar-refractivity contribution in [2.75, 3.05) is 0 Å². The van der Waals surface area contributed by atoms with E-state index in [1.54, 1.807) is 18.5 Å². The van der Waals surface area contributed by atoms with E-state index in [0.29, 0.717) is 24.1 Å². The van der Waals surface area contributed by atoms with Crippen LogP contribution in [0.5, 0.6) is 5.75 Å². The van der Waals surface area contributed by atoms with Crippen LogP contribution in [-0.4, -0.2) is 28.6 Å². The highest BCUT2D eigenvalue weighted by Crippen LogP contribution is 2.28. The molecule has 0 saturated heterocycles. The summed E-state index contributed by atoms with van der Waals surface area (Å²) in [6, 6.07) is 1.39. The zero-order chi connectivity index (χ0) is 14.3. The Labute approximate surface area is 114 Å². The molecule has 1 aromatic heterocycles. The molecule has 0 aromatic carbocycles. The average Bonchev–Trinajstić information content (AvgIpc) is 2.38. The number of carbonyl (C=O) groups is 1. The third-order valence-electron chi connectivity index (χ3n) is 2.75. The van der Waals surface area contributed by atoms with E-state index < -0.39 is 6.10 Å². The molecule has 1 unspecified atom stereocenters. The van der Waals surface area contributed by atoms with E-state index in [0.717, 1.165) is 6.42 Å². The highest BCUT2D eigenvalue weighted by molar-refractivity contribution is 5.47. The number of pyridine rings is 1. The van der Waals surface area contributed by atoms with E-state index in [9.17, 15) is 9.90 Å². The molecule has 106 valence electrons. The lowest BCUT2D eigenvalue weighted by atomic mass is 9.99. The molecule has 1 rings (SSSR count). The van der Waals surface area contributed by atoms with Crippen LogP contribution in [0.25, 0.3) is 0 Å². The monoisotopic (exact) mass is 266 g/mol. The van der Waals surface area contributed by atoms with E-state index in [1.807, 2.05) is 20.8 Å². The Morgan fingerprint density at radius 3 is 2.84 bits per heavy atom. The Balaban J connectivity index is 2.95. The summed E-state index contributed by atoms with van der Waals surface area (Å²) in [4.78, 5) is 14.6. The van der Waals surface area contributed by atoms with Gasteiger partial charge in [0.15, 0.2) is 0 Å². The number of aliphatic hydroxyl groups excluding tert-OH is 1. The van der Waals surface area contributed by atoms with Crippen LogP contribution in [-0.2, 0) is 4.79 Å². The second-order valence-electron chi connectivity index (χ2n) is 4.70. The standard InChI is InChI=1S/C14H22N2O3/c1-4-5-12(16-9-17)14(18)11-8-15-7-6-13(11)19-10(2)3/h6-10,12,14,18H,4-5H2,1-3H3,(H,16,17)/t12-,14?/m0/s1. The van der Waals surface area contributed by atoms with Gasteiger partial charge in [-0.15, -0.1) is 0 Å². The lowest BCUT2D eigenvalue weighted by Crippen LogP contribution is -2.34. The van der Waals surface area contributed by atoms with Gasteiger partial charge >= 0.3 is 0 Å². The first-order valence-electron chi connectivity index (χ1n) is 6.58.